The Labute approximate surface area is 120 Å². The summed E-state index contributed by atoms with van der Waals surface area (Å²) in [6.07, 6.45) is 0.910. The zero-order valence-electron chi connectivity index (χ0n) is 10.8. The van der Waals surface area contributed by atoms with Crippen LogP contribution in [-0.2, 0) is 0 Å². The smallest absolute Gasteiger partial charge is 0.337 e. The van der Waals surface area contributed by atoms with E-state index in [1.165, 1.54) is 6.07 Å². The summed E-state index contributed by atoms with van der Waals surface area (Å²) in [5.41, 5.74) is -0.136. The van der Waals surface area contributed by atoms with Crippen LogP contribution in [0.4, 0.5) is 14.9 Å². The molecule has 0 atom stereocenters. The predicted octanol–water partition coefficient (Wildman–Crippen LogP) is 2.49. The maximum atomic E-state index is 13.1. The third-order valence-electron chi connectivity index (χ3n) is 2.96. The average molecular weight is 298 g/mol. The van der Waals surface area contributed by atoms with Crippen molar-refractivity contribution in [3.63, 3.8) is 0 Å². The van der Waals surface area contributed by atoms with Crippen molar-refractivity contribution in [3.05, 3.63) is 29.6 Å². The summed E-state index contributed by atoms with van der Waals surface area (Å²) in [5, 5.41) is 11.6. The van der Waals surface area contributed by atoms with Gasteiger partial charge in [-0.25, -0.2) is 14.0 Å². The first-order valence-corrected chi connectivity index (χ1v) is 7.40. The van der Waals surface area contributed by atoms with E-state index in [2.05, 4.69) is 5.32 Å². The number of aromatic carboxylic acids is 1. The van der Waals surface area contributed by atoms with E-state index in [0.29, 0.717) is 13.1 Å². The maximum Gasteiger partial charge on any atom is 0.337 e. The zero-order chi connectivity index (χ0) is 14.5. The predicted molar refractivity (Wildman–Crippen MR) is 75.9 cm³/mol. The number of nitrogens with zero attached hydrogens (tertiary/aromatic N) is 1. The van der Waals surface area contributed by atoms with Gasteiger partial charge >= 0.3 is 12.0 Å². The molecule has 1 aromatic carbocycles. The second kappa shape index (κ2) is 6.60. The van der Waals surface area contributed by atoms with Crippen molar-refractivity contribution < 1.29 is 19.1 Å². The number of benzene rings is 1. The summed E-state index contributed by atoms with van der Waals surface area (Å²) in [6, 6.07) is 2.95. The van der Waals surface area contributed by atoms with Crippen LogP contribution in [0.25, 0.3) is 0 Å². The van der Waals surface area contributed by atoms with E-state index in [4.69, 9.17) is 5.11 Å². The molecule has 2 amide bonds. The van der Waals surface area contributed by atoms with E-state index < -0.39 is 11.8 Å². The number of thioether (sulfide) groups is 1. The lowest BCUT2D eigenvalue weighted by molar-refractivity contribution is 0.0697. The molecule has 2 rings (SSSR count). The van der Waals surface area contributed by atoms with Gasteiger partial charge < -0.3 is 15.3 Å². The summed E-state index contributed by atoms with van der Waals surface area (Å²) >= 11 is 1.79. The largest absolute Gasteiger partial charge is 0.478 e. The number of rotatable bonds is 2. The Morgan fingerprint density at radius 2 is 2.10 bits per heavy atom. The molecule has 1 heterocycles. The van der Waals surface area contributed by atoms with Crippen molar-refractivity contribution in [2.75, 3.05) is 29.9 Å². The topological polar surface area (TPSA) is 69.6 Å². The van der Waals surface area contributed by atoms with Gasteiger partial charge in [-0.05, 0) is 30.4 Å². The second-order valence-corrected chi connectivity index (χ2v) is 5.60. The molecule has 7 heteroatoms. The van der Waals surface area contributed by atoms with Crippen molar-refractivity contribution in [2.45, 2.75) is 6.42 Å². The number of anilines is 1. The number of hydrogen-bond donors (Lipinski definition) is 2. The van der Waals surface area contributed by atoms with E-state index in [1.54, 1.807) is 16.7 Å². The molecule has 0 radical (unpaired) electrons. The van der Waals surface area contributed by atoms with Crippen LogP contribution in [0.1, 0.15) is 16.8 Å². The molecule has 1 saturated heterocycles. The van der Waals surface area contributed by atoms with Crippen molar-refractivity contribution >= 4 is 29.4 Å². The molecule has 0 aliphatic carbocycles. The normalized spacial score (nSPS) is 15.6. The monoisotopic (exact) mass is 298 g/mol. The fourth-order valence-electron chi connectivity index (χ4n) is 1.95. The lowest BCUT2D eigenvalue weighted by atomic mass is 10.1. The SMILES string of the molecule is O=C(O)c1cc(F)ccc1NC(=O)N1CCCSCC1. The molecule has 1 aliphatic heterocycles. The van der Waals surface area contributed by atoms with Crippen LogP contribution in [0.2, 0.25) is 0 Å². The Hall–Kier alpha value is -1.76. The Balaban J connectivity index is 2.12. The molecular formula is C13H15FN2O3S. The highest BCUT2D eigenvalue weighted by molar-refractivity contribution is 7.99. The molecule has 1 fully saturated rings. The number of halogens is 1. The van der Waals surface area contributed by atoms with Gasteiger partial charge in [0.15, 0.2) is 0 Å². The minimum Gasteiger partial charge on any atom is -0.478 e. The number of carbonyl (C=O) groups excluding carboxylic acids is 1. The Bertz CT molecular complexity index is 516. The molecule has 0 spiro atoms. The number of amides is 2. The van der Waals surface area contributed by atoms with Gasteiger partial charge in [0.2, 0.25) is 0 Å². The highest BCUT2D eigenvalue weighted by atomic mass is 32.2. The van der Waals surface area contributed by atoms with Crippen molar-refractivity contribution in [3.8, 4) is 0 Å². The quantitative estimate of drug-likeness (QED) is 0.880. The first kappa shape index (κ1) is 14.6. The standard InChI is InChI=1S/C13H15FN2O3S/c14-9-2-3-11(10(8-9)12(17)18)15-13(19)16-4-1-6-20-7-5-16/h2-3,8H,1,4-7H2,(H,15,19)(H,17,18). The van der Waals surface area contributed by atoms with Gasteiger partial charge in [0.1, 0.15) is 5.82 Å². The fourth-order valence-corrected chi connectivity index (χ4v) is 2.83. The van der Waals surface area contributed by atoms with Crippen LogP contribution in [0.15, 0.2) is 18.2 Å². The van der Waals surface area contributed by atoms with Crippen molar-refractivity contribution in [1.82, 2.24) is 4.90 Å². The summed E-state index contributed by atoms with van der Waals surface area (Å²) < 4.78 is 13.1. The Morgan fingerprint density at radius 3 is 2.85 bits per heavy atom. The molecule has 1 aliphatic rings. The van der Waals surface area contributed by atoms with E-state index in [-0.39, 0.29) is 17.3 Å². The third kappa shape index (κ3) is 3.63. The lowest BCUT2D eigenvalue weighted by Gasteiger charge is -2.21. The zero-order valence-corrected chi connectivity index (χ0v) is 11.6. The average Bonchev–Trinajstić information content (AvgIpc) is 2.69. The Kier molecular flexibility index (Phi) is 4.84. The van der Waals surface area contributed by atoms with Gasteiger partial charge in [0, 0.05) is 18.8 Å². The van der Waals surface area contributed by atoms with E-state index >= 15 is 0 Å². The van der Waals surface area contributed by atoms with Crippen LogP contribution in [0, 0.1) is 5.82 Å². The first-order valence-electron chi connectivity index (χ1n) is 6.24. The maximum absolute atomic E-state index is 13.1. The van der Waals surface area contributed by atoms with Crippen LogP contribution in [0.3, 0.4) is 0 Å². The number of urea groups is 1. The molecule has 108 valence electrons. The third-order valence-corrected chi connectivity index (χ3v) is 4.01. The summed E-state index contributed by atoms with van der Waals surface area (Å²) in [4.78, 5) is 24.8. The first-order chi connectivity index (χ1) is 9.58. The molecular weight excluding hydrogens is 283 g/mol. The minimum absolute atomic E-state index is 0.112. The van der Waals surface area contributed by atoms with Gasteiger partial charge in [-0.15, -0.1) is 0 Å². The van der Waals surface area contributed by atoms with Crippen molar-refractivity contribution in [2.24, 2.45) is 0 Å². The fraction of sp³-hybridized carbons (Fsp3) is 0.385. The minimum atomic E-state index is -1.27. The van der Waals surface area contributed by atoms with Gasteiger partial charge in [0.05, 0.1) is 11.3 Å². The number of carboxylic acids is 1. The second-order valence-electron chi connectivity index (χ2n) is 4.38. The highest BCUT2D eigenvalue weighted by Gasteiger charge is 2.18. The molecule has 0 aromatic heterocycles. The molecule has 1 aromatic rings. The van der Waals surface area contributed by atoms with Gasteiger partial charge in [-0.3, -0.25) is 0 Å². The van der Waals surface area contributed by atoms with Gasteiger partial charge in [-0.2, -0.15) is 11.8 Å². The van der Waals surface area contributed by atoms with E-state index in [1.807, 2.05) is 0 Å². The van der Waals surface area contributed by atoms with Crippen LogP contribution in [-0.4, -0.2) is 46.6 Å². The number of carbonyl (C=O) groups is 2. The molecule has 2 N–H and O–H groups in total. The Morgan fingerprint density at radius 1 is 1.30 bits per heavy atom. The molecule has 0 saturated carbocycles. The van der Waals surface area contributed by atoms with Crippen molar-refractivity contribution in [1.29, 1.82) is 0 Å². The lowest BCUT2D eigenvalue weighted by Crippen LogP contribution is -2.36. The summed E-state index contributed by atoms with van der Waals surface area (Å²) in [6.45, 7) is 1.27. The molecule has 20 heavy (non-hydrogen) atoms. The molecule has 5 nitrogen and oxygen atoms in total. The number of nitrogens with one attached hydrogen (secondary N) is 1. The van der Waals surface area contributed by atoms with Crippen LogP contribution < -0.4 is 5.32 Å². The van der Waals surface area contributed by atoms with E-state index in [0.717, 1.165) is 30.1 Å². The highest BCUT2D eigenvalue weighted by Crippen LogP contribution is 2.18. The molecule has 0 bridgehead atoms. The number of carboxylic acid groups (broad SMARTS) is 1. The number of hydrogen-bond acceptors (Lipinski definition) is 3. The van der Waals surface area contributed by atoms with Crippen LogP contribution >= 0.6 is 11.8 Å². The summed E-state index contributed by atoms with van der Waals surface area (Å²) in [5.74, 6) is -0.0404. The summed E-state index contributed by atoms with van der Waals surface area (Å²) in [7, 11) is 0. The van der Waals surface area contributed by atoms with Gasteiger partial charge in [-0.1, -0.05) is 0 Å². The molecule has 0 unspecified atom stereocenters. The van der Waals surface area contributed by atoms with E-state index in [9.17, 15) is 14.0 Å². The van der Waals surface area contributed by atoms with Gasteiger partial charge in [0.25, 0.3) is 0 Å². The van der Waals surface area contributed by atoms with Crippen LogP contribution in [0.5, 0.6) is 0 Å².